The van der Waals surface area contributed by atoms with Crippen molar-refractivity contribution in [2.75, 3.05) is 6.61 Å². The molecule has 182 valence electrons. The maximum absolute atomic E-state index is 13.6. The van der Waals surface area contributed by atoms with E-state index in [1.165, 1.54) is 0 Å². The van der Waals surface area contributed by atoms with Crippen molar-refractivity contribution >= 4 is 0 Å². The van der Waals surface area contributed by atoms with Crippen molar-refractivity contribution in [1.82, 2.24) is 0 Å². The van der Waals surface area contributed by atoms with E-state index < -0.39 is 60.2 Å². The smallest absolute Gasteiger partial charge is 0.390 e. The molecule has 0 amide bonds. The lowest BCUT2D eigenvalue weighted by Crippen LogP contribution is -2.80. The van der Waals surface area contributed by atoms with Gasteiger partial charge in [0.1, 0.15) is 6.61 Å². The molecule has 0 aliphatic carbocycles. The normalized spacial score (nSPS) is 18.4. The van der Waals surface area contributed by atoms with Crippen molar-refractivity contribution in [2.24, 2.45) is 0 Å². The molecule has 0 heterocycles. The third-order valence-electron chi connectivity index (χ3n) is 3.53. The zero-order chi connectivity index (χ0) is 25.2. The van der Waals surface area contributed by atoms with Gasteiger partial charge in [-0.15, -0.1) is 0 Å². The Bertz CT molecular complexity index is 609. The lowest BCUT2D eigenvalue weighted by atomic mass is 9.79. The Hall–Kier alpha value is -1.37. The van der Waals surface area contributed by atoms with Crippen LogP contribution in [0, 0.1) is 0 Å². The first kappa shape index (κ1) is 28.6. The first-order chi connectivity index (χ1) is 12.6. The van der Waals surface area contributed by atoms with Gasteiger partial charge in [-0.25, -0.2) is 8.78 Å². The van der Waals surface area contributed by atoms with E-state index in [-0.39, 0.29) is 0 Å². The van der Waals surface area contributed by atoms with Crippen molar-refractivity contribution in [3.05, 3.63) is 0 Å². The van der Waals surface area contributed by atoms with Gasteiger partial charge in [-0.2, -0.15) is 74.6 Å². The highest BCUT2D eigenvalue weighted by atomic mass is 19.4. The number of aliphatic hydroxyl groups excluding tert-OH is 1. The van der Waals surface area contributed by atoms with Crippen LogP contribution in [0.3, 0.4) is 0 Å². The van der Waals surface area contributed by atoms with Gasteiger partial charge < -0.3 is 5.11 Å². The molecule has 0 aliphatic rings. The van der Waals surface area contributed by atoms with Gasteiger partial charge in [0.05, 0.1) is 0 Å². The van der Waals surface area contributed by atoms with Gasteiger partial charge in [0.25, 0.3) is 0 Å². The fourth-order valence-corrected chi connectivity index (χ4v) is 1.87. The quantitative estimate of drug-likeness (QED) is 0.470. The van der Waals surface area contributed by atoms with Gasteiger partial charge in [0.15, 0.2) is 0 Å². The van der Waals surface area contributed by atoms with E-state index in [4.69, 9.17) is 5.11 Å². The third-order valence-corrected chi connectivity index (χ3v) is 3.53. The highest BCUT2D eigenvalue weighted by Gasteiger charge is 2.99. The number of hydrogen-bond acceptors (Lipinski definition) is 1. The highest BCUT2D eigenvalue weighted by Crippen LogP contribution is 2.66. The van der Waals surface area contributed by atoms with Crippen LogP contribution >= 0.6 is 0 Å². The molecule has 0 aromatic rings. The summed E-state index contributed by atoms with van der Waals surface area (Å²) in [4.78, 5) is 0. The molecule has 1 nitrogen and oxygen atoms in total. The van der Waals surface area contributed by atoms with E-state index in [1.54, 1.807) is 0 Å². The zero-order valence-electron chi connectivity index (χ0n) is 12.8. The number of halogens is 19. The minimum Gasteiger partial charge on any atom is -0.390 e. The fraction of sp³-hybridized carbons (Fsp3) is 1.00. The molecule has 0 fully saturated rings. The summed E-state index contributed by atoms with van der Waals surface area (Å²) in [5, 5.41) is 7.85. The molecule has 0 unspecified atom stereocenters. The number of alkyl halides is 19. The third kappa shape index (κ3) is 3.23. The topological polar surface area (TPSA) is 20.2 Å². The number of rotatable bonds is 6. The maximum atomic E-state index is 13.6. The summed E-state index contributed by atoms with van der Waals surface area (Å²) in [5.74, 6) is -34.3. The second-order valence-corrected chi connectivity index (χ2v) is 5.40. The Balaban J connectivity index is 7.35. The van der Waals surface area contributed by atoms with Crippen molar-refractivity contribution in [2.45, 2.75) is 53.6 Å². The van der Waals surface area contributed by atoms with Crippen LogP contribution in [0.15, 0.2) is 0 Å². The molecule has 0 rings (SSSR count). The first-order valence-corrected chi connectivity index (χ1v) is 6.26. The molecule has 0 aromatic carbocycles. The molecule has 0 spiro atoms. The van der Waals surface area contributed by atoms with E-state index in [9.17, 15) is 83.4 Å². The molecule has 0 radical (unpaired) electrons. The summed E-state index contributed by atoms with van der Waals surface area (Å²) < 4.78 is 243. The Labute approximate surface area is 150 Å². The van der Waals surface area contributed by atoms with E-state index >= 15 is 0 Å². The number of aliphatic hydroxyl groups is 1. The van der Waals surface area contributed by atoms with Gasteiger partial charge in [0.2, 0.25) is 0 Å². The second kappa shape index (κ2) is 6.81. The van der Waals surface area contributed by atoms with Crippen molar-refractivity contribution < 1.29 is 88.5 Å². The molecule has 0 saturated heterocycles. The van der Waals surface area contributed by atoms with Crippen LogP contribution < -0.4 is 0 Å². The summed E-state index contributed by atoms with van der Waals surface area (Å²) in [6, 6.07) is 0. The maximum Gasteiger partial charge on any atom is 0.438 e. The zero-order valence-corrected chi connectivity index (χ0v) is 12.8. The van der Waals surface area contributed by atoms with E-state index in [0.717, 1.165) is 0 Å². The van der Waals surface area contributed by atoms with Gasteiger partial charge in [-0.05, 0) is 0 Å². The number of hydrogen-bond donors (Lipinski definition) is 1. The molecular weight excluding hydrogens is 497 g/mol. The molecular formula is C10H3F19O. The summed E-state index contributed by atoms with van der Waals surface area (Å²) in [5.41, 5.74) is -17.2. The molecule has 0 aromatic heterocycles. The van der Waals surface area contributed by atoms with Crippen molar-refractivity contribution in [1.29, 1.82) is 0 Å². The molecule has 0 bridgehead atoms. The van der Waals surface area contributed by atoms with Crippen LogP contribution in [0.25, 0.3) is 0 Å². The summed E-state index contributed by atoms with van der Waals surface area (Å²) in [7, 11) is 0. The predicted octanol–water partition coefficient (Wildman–Crippen LogP) is 5.62. The van der Waals surface area contributed by atoms with Crippen LogP contribution in [0.1, 0.15) is 0 Å². The van der Waals surface area contributed by atoms with Crippen molar-refractivity contribution in [3.8, 4) is 0 Å². The molecule has 0 saturated carbocycles. The van der Waals surface area contributed by atoms with E-state index in [0.29, 0.717) is 0 Å². The summed E-state index contributed by atoms with van der Waals surface area (Å²) in [6.07, 6.45) is -24.8. The van der Waals surface area contributed by atoms with Gasteiger partial charge in [0, 0.05) is 0 Å². The lowest BCUT2D eigenvalue weighted by Gasteiger charge is -2.46. The van der Waals surface area contributed by atoms with E-state index in [1.807, 2.05) is 0 Å². The SMILES string of the molecule is OCC(F)(F)[C@@](F)(C(F)(F)F)C(F)(F)C(F)(F)C(F)(F)C(F)(C(F)(F)F)C(F)(F)F. The standard InChI is InChI=1S/C10H3F19O/c11-2(12,1-30)3(13,8(21,22)23)5(15,16)7(19,20)6(17,18)4(14,9(24,25)26)10(27,28)29/h30H,1H2/t3-/m0/s1. The van der Waals surface area contributed by atoms with E-state index in [2.05, 4.69) is 0 Å². The van der Waals surface area contributed by atoms with Gasteiger partial charge in [-0.1, -0.05) is 0 Å². The van der Waals surface area contributed by atoms with Crippen molar-refractivity contribution in [3.63, 3.8) is 0 Å². The van der Waals surface area contributed by atoms with Crippen LogP contribution in [-0.2, 0) is 0 Å². The monoisotopic (exact) mass is 500 g/mol. The first-order valence-electron chi connectivity index (χ1n) is 6.26. The molecule has 1 atom stereocenters. The Morgan fingerprint density at radius 3 is 0.800 bits per heavy atom. The highest BCUT2D eigenvalue weighted by molar-refractivity contribution is 5.21. The molecule has 1 N–H and O–H groups in total. The molecule has 0 aliphatic heterocycles. The average Bonchev–Trinajstić information content (AvgIpc) is 2.48. The van der Waals surface area contributed by atoms with Gasteiger partial charge in [-0.3, -0.25) is 0 Å². The minimum absolute atomic E-state index is 3.83. The van der Waals surface area contributed by atoms with Crippen LogP contribution in [0.2, 0.25) is 0 Å². The predicted molar refractivity (Wildman–Crippen MR) is 52.7 cm³/mol. The second-order valence-electron chi connectivity index (χ2n) is 5.40. The fourth-order valence-electron chi connectivity index (χ4n) is 1.87. The molecule has 20 heteroatoms. The summed E-state index contributed by atoms with van der Waals surface area (Å²) >= 11 is 0. The Morgan fingerprint density at radius 2 is 0.600 bits per heavy atom. The van der Waals surface area contributed by atoms with Gasteiger partial charge >= 0.3 is 53.6 Å². The lowest BCUT2D eigenvalue weighted by molar-refractivity contribution is -0.472. The largest absolute Gasteiger partial charge is 0.438 e. The summed E-state index contributed by atoms with van der Waals surface area (Å²) in [6.45, 7) is -3.83. The average molecular weight is 500 g/mol. The minimum atomic E-state index is -9.08. The molecule has 30 heavy (non-hydrogen) atoms. The Kier molecular flexibility index (Phi) is 6.50. The van der Waals surface area contributed by atoms with Crippen LogP contribution in [-0.4, -0.2) is 65.3 Å². The Morgan fingerprint density at radius 1 is 0.367 bits per heavy atom. The van der Waals surface area contributed by atoms with Crippen LogP contribution in [0.4, 0.5) is 83.4 Å². The van der Waals surface area contributed by atoms with Crippen LogP contribution in [0.5, 0.6) is 0 Å².